The molecule has 36 heavy (non-hydrogen) atoms. The van der Waals surface area contributed by atoms with Crippen LogP contribution in [0.3, 0.4) is 0 Å². The maximum absolute atomic E-state index is 12.4. The van der Waals surface area contributed by atoms with Gasteiger partial charge in [-0.15, -0.1) is 23.1 Å². The van der Waals surface area contributed by atoms with E-state index in [1.165, 1.54) is 47.4 Å². The molecule has 9 nitrogen and oxygen atoms in total. The van der Waals surface area contributed by atoms with Gasteiger partial charge < -0.3 is 15.4 Å². The van der Waals surface area contributed by atoms with Crippen molar-refractivity contribution in [3.05, 3.63) is 93.9 Å². The third-order valence-electron chi connectivity index (χ3n) is 4.93. The van der Waals surface area contributed by atoms with E-state index in [-0.39, 0.29) is 22.9 Å². The highest BCUT2D eigenvalue weighted by atomic mass is 32.2. The number of aromatic nitrogens is 1. The number of nitrogens with zero attached hydrogens (tertiary/aromatic N) is 2. The molecule has 1 heterocycles. The van der Waals surface area contributed by atoms with E-state index in [0.717, 1.165) is 16.2 Å². The lowest BCUT2D eigenvalue weighted by Gasteiger charge is -2.07. The van der Waals surface area contributed by atoms with Crippen molar-refractivity contribution in [2.75, 3.05) is 23.5 Å². The second kappa shape index (κ2) is 11.5. The van der Waals surface area contributed by atoms with E-state index in [4.69, 9.17) is 4.74 Å². The number of ether oxygens (including phenoxy) is 1. The number of rotatable bonds is 9. The second-order valence-electron chi connectivity index (χ2n) is 7.36. The average Bonchev–Trinajstić information content (AvgIpc) is 3.36. The SMILES string of the molecule is COc1ccccc1-c1csc(NC(=O)CSc2ccc(NC(=O)c3cccc([N+](=O)[O-])c3)cc2)n1. The van der Waals surface area contributed by atoms with Gasteiger partial charge in [-0.1, -0.05) is 18.2 Å². The Bertz CT molecular complexity index is 1410. The fourth-order valence-corrected chi connectivity index (χ4v) is 4.64. The molecule has 2 amide bonds. The number of methoxy groups -OCH3 is 1. The standard InChI is InChI=1S/C25H20N4O5S2/c1-34-22-8-3-2-7-20(22)21-14-36-25(27-21)28-23(30)15-35-19-11-9-17(10-12-19)26-24(31)16-5-4-6-18(13-16)29(32)33/h2-14H,15H2,1H3,(H,26,31)(H,27,28,30). The number of hydrogen-bond donors (Lipinski definition) is 2. The molecular weight excluding hydrogens is 500 g/mol. The Kier molecular flexibility index (Phi) is 7.93. The largest absolute Gasteiger partial charge is 0.496 e. The zero-order chi connectivity index (χ0) is 25.5. The van der Waals surface area contributed by atoms with Gasteiger partial charge in [0.05, 0.1) is 23.5 Å². The van der Waals surface area contributed by atoms with Crippen LogP contribution in [0.25, 0.3) is 11.3 Å². The molecule has 0 atom stereocenters. The minimum atomic E-state index is -0.549. The number of benzene rings is 3. The first-order valence-corrected chi connectivity index (χ1v) is 12.5. The summed E-state index contributed by atoms with van der Waals surface area (Å²) in [6.07, 6.45) is 0. The molecule has 1 aromatic heterocycles. The third kappa shape index (κ3) is 6.26. The van der Waals surface area contributed by atoms with Gasteiger partial charge in [-0.25, -0.2) is 4.98 Å². The van der Waals surface area contributed by atoms with Gasteiger partial charge in [-0.3, -0.25) is 19.7 Å². The van der Waals surface area contributed by atoms with Crippen LogP contribution >= 0.6 is 23.1 Å². The normalized spacial score (nSPS) is 10.5. The Balaban J connectivity index is 1.29. The van der Waals surface area contributed by atoms with Crippen LogP contribution in [0.15, 0.2) is 83.1 Å². The van der Waals surface area contributed by atoms with Crippen LogP contribution in [0.1, 0.15) is 10.4 Å². The Morgan fingerprint density at radius 1 is 1.06 bits per heavy atom. The maximum atomic E-state index is 12.4. The number of amides is 2. The molecule has 4 aromatic rings. The van der Waals surface area contributed by atoms with E-state index in [0.29, 0.717) is 16.6 Å². The van der Waals surface area contributed by atoms with Crippen molar-refractivity contribution in [2.45, 2.75) is 4.90 Å². The first kappa shape index (κ1) is 24.9. The summed E-state index contributed by atoms with van der Waals surface area (Å²) in [5.41, 5.74) is 2.15. The summed E-state index contributed by atoms with van der Waals surface area (Å²) in [6, 6.07) is 20.0. The Hall–Kier alpha value is -4.22. The molecule has 4 rings (SSSR count). The van der Waals surface area contributed by atoms with Crippen molar-refractivity contribution in [2.24, 2.45) is 0 Å². The van der Waals surface area contributed by atoms with Crippen LogP contribution in [-0.4, -0.2) is 34.6 Å². The van der Waals surface area contributed by atoms with Crippen molar-refractivity contribution >= 4 is 51.4 Å². The summed E-state index contributed by atoms with van der Waals surface area (Å²) < 4.78 is 5.37. The summed E-state index contributed by atoms with van der Waals surface area (Å²) in [6.45, 7) is 0. The first-order chi connectivity index (χ1) is 17.4. The van der Waals surface area contributed by atoms with Gasteiger partial charge in [-0.2, -0.15) is 0 Å². The van der Waals surface area contributed by atoms with Crippen molar-refractivity contribution in [3.63, 3.8) is 0 Å². The molecule has 0 aliphatic heterocycles. The molecule has 0 saturated heterocycles. The van der Waals surface area contributed by atoms with Gasteiger partial charge in [0.25, 0.3) is 11.6 Å². The number of anilines is 2. The van der Waals surface area contributed by atoms with E-state index in [2.05, 4.69) is 15.6 Å². The van der Waals surface area contributed by atoms with E-state index in [9.17, 15) is 19.7 Å². The quantitative estimate of drug-likeness (QED) is 0.165. The van der Waals surface area contributed by atoms with Crippen molar-refractivity contribution in [1.82, 2.24) is 4.98 Å². The van der Waals surface area contributed by atoms with Crippen LogP contribution in [0, 0.1) is 10.1 Å². The fraction of sp³-hybridized carbons (Fsp3) is 0.0800. The van der Waals surface area contributed by atoms with Gasteiger partial charge in [-0.05, 0) is 42.5 Å². The van der Waals surface area contributed by atoms with E-state index in [1.54, 1.807) is 31.4 Å². The molecule has 0 aliphatic rings. The Morgan fingerprint density at radius 2 is 1.83 bits per heavy atom. The van der Waals surface area contributed by atoms with Crippen LogP contribution in [-0.2, 0) is 4.79 Å². The number of para-hydroxylation sites is 1. The first-order valence-electron chi connectivity index (χ1n) is 10.6. The Labute approximate surface area is 214 Å². The predicted octanol–water partition coefficient (Wildman–Crippen LogP) is 5.71. The number of thiazole rings is 1. The van der Waals surface area contributed by atoms with Gasteiger partial charge in [0.15, 0.2) is 5.13 Å². The van der Waals surface area contributed by atoms with Crippen LogP contribution in [0.2, 0.25) is 0 Å². The number of carbonyl (C=O) groups excluding carboxylic acids is 2. The molecule has 0 saturated carbocycles. The Morgan fingerprint density at radius 3 is 2.58 bits per heavy atom. The molecule has 0 unspecified atom stereocenters. The monoisotopic (exact) mass is 520 g/mol. The van der Waals surface area contributed by atoms with E-state index in [1.807, 2.05) is 29.6 Å². The molecule has 0 bridgehead atoms. The van der Waals surface area contributed by atoms with Crippen LogP contribution < -0.4 is 15.4 Å². The minimum absolute atomic E-state index is 0.151. The summed E-state index contributed by atoms with van der Waals surface area (Å²) in [5.74, 6) is 0.252. The summed E-state index contributed by atoms with van der Waals surface area (Å²) >= 11 is 2.68. The highest BCUT2D eigenvalue weighted by molar-refractivity contribution is 8.00. The lowest BCUT2D eigenvalue weighted by atomic mass is 10.1. The maximum Gasteiger partial charge on any atom is 0.270 e. The number of nitro benzene ring substituents is 1. The number of nitrogens with one attached hydrogen (secondary N) is 2. The van der Waals surface area contributed by atoms with E-state index >= 15 is 0 Å². The lowest BCUT2D eigenvalue weighted by Crippen LogP contribution is -2.13. The number of non-ortho nitro benzene ring substituents is 1. The molecule has 0 radical (unpaired) electrons. The van der Waals surface area contributed by atoms with Gasteiger partial charge in [0.2, 0.25) is 5.91 Å². The molecule has 2 N–H and O–H groups in total. The highest BCUT2D eigenvalue weighted by Crippen LogP contribution is 2.32. The molecule has 11 heteroatoms. The molecule has 0 spiro atoms. The minimum Gasteiger partial charge on any atom is -0.496 e. The van der Waals surface area contributed by atoms with Gasteiger partial charge in [0.1, 0.15) is 5.75 Å². The predicted molar refractivity (Wildman–Crippen MR) is 141 cm³/mol. The van der Waals surface area contributed by atoms with Crippen LogP contribution in [0.5, 0.6) is 5.75 Å². The van der Waals surface area contributed by atoms with Gasteiger partial charge >= 0.3 is 0 Å². The third-order valence-corrected chi connectivity index (χ3v) is 6.70. The van der Waals surface area contributed by atoms with Crippen molar-refractivity contribution in [1.29, 1.82) is 0 Å². The summed E-state index contributed by atoms with van der Waals surface area (Å²) in [7, 11) is 1.60. The number of carbonyl (C=O) groups is 2. The number of hydrogen-bond acceptors (Lipinski definition) is 8. The molecule has 0 fully saturated rings. The van der Waals surface area contributed by atoms with E-state index < -0.39 is 10.8 Å². The average molecular weight is 521 g/mol. The van der Waals surface area contributed by atoms with Crippen molar-refractivity contribution < 1.29 is 19.2 Å². The number of nitro groups is 1. The zero-order valence-electron chi connectivity index (χ0n) is 19.0. The summed E-state index contributed by atoms with van der Waals surface area (Å²) in [5, 5.41) is 18.8. The molecule has 0 aliphatic carbocycles. The molecular formula is C25H20N4O5S2. The number of thioether (sulfide) groups is 1. The fourth-order valence-electron chi connectivity index (χ4n) is 3.21. The highest BCUT2D eigenvalue weighted by Gasteiger charge is 2.13. The molecule has 182 valence electrons. The lowest BCUT2D eigenvalue weighted by molar-refractivity contribution is -0.384. The topological polar surface area (TPSA) is 123 Å². The van der Waals surface area contributed by atoms with Gasteiger partial charge in [0, 0.05) is 39.2 Å². The zero-order valence-corrected chi connectivity index (χ0v) is 20.6. The smallest absolute Gasteiger partial charge is 0.270 e. The van der Waals surface area contributed by atoms with Crippen molar-refractivity contribution in [3.8, 4) is 17.0 Å². The molecule has 3 aromatic carbocycles. The summed E-state index contributed by atoms with van der Waals surface area (Å²) in [4.78, 5) is 40.5. The van der Waals surface area contributed by atoms with Crippen LogP contribution in [0.4, 0.5) is 16.5 Å². The second-order valence-corrected chi connectivity index (χ2v) is 9.27.